The molecule has 0 saturated carbocycles. The summed E-state index contributed by atoms with van der Waals surface area (Å²) in [5.41, 5.74) is 1.32. The molecule has 0 N–H and O–H groups in total. The van der Waals surface area contributed by atoms with Crippen molar-refractivity contribution in [2.24, 2.45) is 0 Å². The standard InChI is InChI=1S/C21H28N2O3S/c1-4-7-17-23(19-11-9-8-10-12-19)21(24)18-13-15-20(16-14-18)27(25,26)22(5-2)6-3/h8-16H,4-7,17H2,1-3H3. The topological polar surface area (TPSA) is 57.7 Å². The number of amides is 1. The van der Waals surface area contributed by atoms with Crippen LogP contribution in [0, 0.1) is 0 Å². The summed E-state index contributed by atoms with van der Waals surface area (Å²) in [7, 11) is -3.52. The second kappa shape index (κ2) is 9.67. The van der Waals surface area contributed by atoms with E-state index >= 15 is 0 Å². The van der Waals surface area contributed by atoms with Gasteiger partial charge in [-0.2, -0.15) is 4.31 Å². The average molecular weight is 389 g/mol. The van der Waals surface area contributed by atoms with Crippen LogP contribution in [0.2, 0.25) is 0 Å². The van der Waals surface area contributed by atoms with Gasteiger partial charge in [0.15, 0.2) is 0 Å². The van der Waals surface area contributed by atoms with Gasteiger partial charge in [0.1, 0.15) is 0 Å². The first-order chi connectivity index (χ1) is 13.0. The van der Waals surface area contributed by atoms with Gasteiger partial charge in [0, 0.05) is 30.9 Å². The van der Waals surface area contributed by atoms with Crippen LogP contribution in [0.1, 0.15) is 44.0 Å². The fourth-order valence-corrected chi connectivity index (χ4v) is 4.37. The Morgan fingerprint density at radius 1 is 0.889 bits per heavy atom. The number of nitrogens with zero attached hydrogens (tertiary/aromatic N) is 2. The zero-order valence-corrected chi connectivity index (χ0v) is 17.1. The van der Waals surface area contributed by atoms with Crippen LogP contribution in [0.4, 0.5) is 5.69 Å². The Kier molecular flexibility index (Phi) is 7.56. The fraction of sp³-hybridized carbons (Fsp3) is 0.381. The van der Waals surface area contributed by atoms with E-state index < -0.39 is 10.0 Å². The quantitative estimate of drug-likeness (QED) is 0.648. The molecule has 0 saturated heterocycles. The van der Waals surface area contributed by atoms with E-state index in [9.17, 15) is 13.2 Å². The molecule has 0 radical (unpaired) electrons. The number of unbranched alkanes of at least 4 members (excludes halogenated alkanes) is 1. The van der Waals surface area contributed by atoms with E-state index in [0.29, 0.717) is 25.2 Å². The minimum atomic E-state index is -3.52. The van der Waals surface area contributed by atoms with Crippen molar-refractivity contribution >= 4 is 21.6 Å². The second-order valence-electron chi connectivity index (χ2n) is 6.26. The largest absolute Gasteiger partial charge is 0.308 e. The highest BCUT2D eigenvalue weighted by atomic mass is 32.2. The summed E-state index contributed by atoms with van der Waals surface area (Å²) in [6, 6.07) is 15.8. The zero-order valence-electron chi connectivity index (χ0n) is 16.3. The van der Waals surface area contributed by atoms with E-state index in [-0.39, 0.29) is 10.8 Å². The predicted octanol–water partition coefficient (Wildman–Crippen LogP) is 4.16. The molecule has 0 aliphatic rings. The molecule has 0 aliphatic carbocycles. The lowest BCUT2D eigenvalue weighted by atomic mass is 10.1. The number of anilines is 1. The highest BCUT2D eigenvalue weighted by molar-refractivity contribution is 7.89. The molecule has 2 rings (SSSR count). The lowest BCUT2D eigenvalue weighted by Gasteiger charge is -2.23. The molecule has 5 nitrogen and oxygen atoms in total. The van der Waals surface area contributed by atoms with Gasteiger partial charge in [0.05, 0.1) is 4.90 Å². The molecule has 6 heteroatoms. The smallest absolute Gasteiger partial charge is 0.258 e. The van der Waals surface area contributed by atoms with Gasteiger partial charge < -0.3 is 4.90 Å². The van der Waals surface area contributed by atoms with Crippen LogP contribution in [0.5, 0.6) is 0 Å². The first-order valence-electron chi connectivity index (χ1n) is 9.42. The van der Waals surface area contributed by atoms with Gasteiger partial charge in [-0.05, 0) is 42.8 Å². The van der Waals surface area contributed by atoms with Crippen LogP contribution < -0.4 is 4.90 Å². The summed E-state index contributed by atoms with van der Waals surface area (Å²) >= 11 is 0. The van der Waals surface area contributed by atoms with Crippen molar-refractivity contribution in [2.45, 2.75) is 38.5 Å². The summed E-state index contributed by atoms with van der Waals surface area (Å²) in [4.78, 5) is 15.0. The average Bonchev–Trinajstić information content (AvgIpc) is 2.69. The van der Waals surface area contributed by atoms with Crippen molar-refractivity contribution in [2.75, 3.05) is 24.5 Å². The Balaban J connectivity index is 2.30. The summed E-state index contributed by atoms with van der Waals surface area (Å²) < 4.78 is 26.6. The molecule has 0 heterocycles. The van der Waals surface area contributed by atoms with Gasteiger partial charge in [-0.1, -0.05) is 45.4 Å². The lowest BCUT2D eigenvalue weighted by molar-refractivity contribution is 0.0986. The lowest BCUT2D eigenvalue weighted by Crippen LogP contribution is -2.32. The normalized spacial score (nSPS) is 11.6. The maximum Gasteiger partial charge on any atom is 0.258 e. The molecule has 0 aromatic heterocycles. The molecular weight excluding hydrogens is 360 g/mol. The third-order valence-electron chi connectivity index (χ3n) is 4.49. The van der Waals surface area contributed by atoms with Crippen LogP contribution in [-0.2, 0) is 10.0 Å². The van der Waals surface area contributed by atoms with E-state index in [0.717, 1.165) is 18.5 Å². The Bertz CT molecular complexity index is 829. The SMILES string of the molecule is CCCCN(C(=O)c1ccc(S(=O)(=O)N(CC)CC)cc1)c1ccccc1. The highest BCUT2D eigenvalue weighted by Gasteiger charge is 2.23. The van der Waals surface area contributed by atoms with Crippen molar-refractivity contribution < 1.29 is 13.2 Å². The van der Waals surface area contributed by atoms with Crippen LogP contribution in [0.3, 0.4) is 0 Å². The van der Waals surface area contributed by atoms with Crippen molar-refractivity contribution in [3.63, 3.8) is 0 Å². The Hall–Kier alpha value is -2.18. The van der Waals surface area contributed by atoms with Gasteiger partial charge in [-0.25, -0.2) is 8.42 Å². The predicted molar refractivity (Wildman–Crippen MR) is 110 cm³/mol. The minimum Gasteiger partial charge on any atom is -0.308 e. The summed E-state index contributed by atoms with van der Waals surface area (Å²) in [5.74, 6) is -0.124. The van der Waals surface area contributed by atoms with Crippen molar-refractivity contribution in [3.05, 3.63) is 60.2 Å². The monoisotopic (exact) mass is 388 g/mol. The number of hydrogen-bond acceptors (Lipinski definition) is 3. The van der Waals surface area contributed by atoms with Crippen LogP contribution >= 0.6 is 0 Å². The number of rotatable bonds is 9. The number of carbonyl (C=O) groups is 1. The second-order valence-corrected chi connectivity index (χ2v) is 8.20. The van der Waals surface area contributed by atoms with E-state index in [4.69, 9.17) is 0 Å². The number of carbonyl (C=O) groups excluding carboxylic acids is 1. The van der Waals surface area contributed by atoms with Crippen LogP contribution in [-0.4, -0.2) is 38.3 Å². The summed E-state index contributed by atoms with van der Waals surface area (Å²) in [6.45, 7) is 7.16. The zero-order chi connectivity index (χ0) is 19.9. The van der Waals surface area contributed by atoms with E-state index in [1.807, 2.05) is 44.2 Å². The summed E-state index contributed by atoms with van der Waals surface area (Å²) in [5, 5.41) is 0. The molecule has 0 fully saturated rings. The molecule has 0 unspecified atom stereocenters. The molecule has 0 spiro atoms. The molecule has 27 heavy (non-hydrogen) atoms. The van der Waals surface area contributed by atoms with Crippen LogP contribution in [0.15, 0.2) is 59.5 Å². The molecular formula is C21H28N2O3S. The van der Waals surface area contributed by atoms with Gasteiger partial charge >= 0.3 is 0 Å². The van der Waals surface area contributed by atoms with E-state index in [1.165, 1.54) is 16.4 Å². The van der Waals surface area contributed by atoms with Crippen molar-refractivity contribution in [1.82, 2.24) is 4.31 Å². The number of para-hydroxylation sites is 1. The molecule has 0 atom stereocenters. The van der Waals surface area contributed by atoms with E-state index in [2.05, 4.69) is 6.92 Å². The van der Waals surface area contributed by atoms with Gasteiger partial charge in [-0.15, -0.1) is 0 Å². The van der Waals surface area contributed by atoms with Crippen molar-refractivity contribution in [1.29, 1.82) is 0 Å². The van der Waals surface area contributed by atoms with E-state index in [1.54, 1.807) is 17.0 Å². The number of benzene rings is 2. The Morgan fingerprint density at radius 3 is 2.00 bits per heavy atom. The molecule has 1 amide bonds. The maximum absolute atomic E-state index is 13.0. The Morgan fingerprint density at radius 2 is 1.48 bits per heavy atom. The minimum absolute atomic E-state index is 0.124. The Labute approximate surface area is 162 Å². The first kappa shape index (κ1) is 21.1. The maximum atomic E-state index is 13.0. The van der Waals surface area contributed by atoms with Gasteiger partial charge in [0.25, 0.3) is 5.91 Å². The third kappa shape index (κ3) is 4.96. The van der Waals surface area contributed by atoms with Gasteiger partial charge in [0.2, 0.25) is 10.0 Å². The molecule has 2 aromatic carbocycles. The number of hydrogen-bond donors (Lipinski definition) is 0. The molecule has 0 aliphatic heterocycles. The molecule has 2 aromatic rings. The van der Waals surface area contributed by atoms with Gasteiger partial charge in [-0.3, -0.25) is 4.79 Å². The number of sulfonamides is 1. The highest BCUT2D eigenvalue weighted by Crippen LogP contribution is 2.20. The van der Waals surface area contributed by atoms with Crippen LogP contribution in [0.25, 0.3) is 0 Å². The van der Waals surface area contributed by atoms with Crippen molar-refractivity contribution in [3.8, 4) is 0 Å². The summed E-state index contributed by atoms with van der Waals surface area (Å²) in [6.07, 6.45) is 1.88. The third-order valence-corrected chi connectivity index (χ3v) is 6.56. The first-order valence-corrected chi connectivity index (χ1v) is 10.9. The fourth-order valence-electron chi connectivity index (χ4n) is 2.91. The molecule has 0 bridgehead atoms. The molecule has 146 valence electrons.